The minimum Gasteiger partial charge on any atom is -0.477 e. The molecule has 0 bridgehead atoms. The molecule has 5 nitrogen and oxygen atoms in total. The van der Waals surface area contributed by atoms with Gasteiger partial charge in [-0.05, 0) is 0 Å². The second-order valence-electron chi connectivity index (χ2n) is 3.08. The summed E-state index contributed by atoms with van der Waals surface area (Å²) in [5.41, 5.74) is 0. The van der Waals surface area contributed by atoms with Gasteiger partial charge >= 0.3 is 36.6 Å². The standard InChI is InChI=1S/C6HF11O4.H3N/c7-2(1(18)19,3(8,9)10)20-4(11,12)5(13,14)21-6(15,16)17;/h(H,18,19);1H3. The molecule has 0 saturated carbocycles. The topological polar surface area (TPSA) is 90.8 Å². The lowest BCUT2D eigenvalue weighted by Gasteiger charge is -2.31. The van der Waals surface area contributed by atoms with Gasteiger partial charge in [0.05, 0.1) is 0 Å². The Morgan fingerprint density at radius 1 is 0.727 bits per heavy atom. The minimum absolute atomic E-state index is 0. The number of carboxylic acid groups (broad SMARTS) is 1. The zero-order valence-electron chi connectivity index (χ0n) is 9.54. The molecular weight excluding hydrogens is 359 g/mol. The van der Waals surface area contributed by atoms with Crippen LogP contribution in [0, 0.1) is 0 Å². The summed E-state index contributed by atoms with van der Waals surface area (Å²) in [5.74, 6) is -10.3. The quantitative estimate of drug-likeness (QED) is 0.732. The summed E-state index contributed by atoms with van der Waals surface area (Å²) in [6.07, 6.45) is -27.1. The third-order valence-electron chi connectivity index (χ3n) is 1.49. The molecule has 134 valence electrons. The van der Waals surface area contributed by atoms with Crippen molar-refractivity contribution in [3.05, 3.63) is 0 Å². The maximum Gasteiger partial charge on any atom is 0.527 e. The first-order valence-electron chi connectivity index (χ1n) is 4.07. The second-order valence-corrected chi connectivity index (χ2v) is 3.08. The highest BCUT2D eigenvalue weighted by Crippen LogP contribution is 2.46. The first-order valence-corrected chi connectivity index (χ1v) is 4.07. The van der Waals surface area contributed by atoms with Crippen molar-refractivity contribution in [2.75, 3.05) is 0 Å². The van der Waals surface area contributed by atoms with E-state index in [9.17, 15) is 53.1 Å². The molecule has 1 unspecified atom stereocenters. The number of hydrogen-bond donors (Lipinski definition) is 2. The van der Waals surface area contributed by atoms with E-state index < -0.39 is 36.6 Å². The average molecular weight is 363 g/mol. The van der Waals surface area contributed by atoms with Crippen LogP contribution >= 0.6 is 0 Å². The monoisotopic (exact) mass is 363 g/mol. The van der Waals surface area contributed by atoms with Gasteiger partial charge in [-0.2, -0.15) is 35.1 Å². The van der Waals surface area contributed by atoms with Crippen molar-refractivity contribution in [1.29, 1.82) is 0 Å². The van der Waals surface area contributed by atoms with Crippen LogP contribution in [-0.2, 0) is 14.3 Å². The number of alkyl halides is 11. The first kappa shape index (κ1) is 22.9. The van der Waals surface area contributed by atoms with Crippen LogP contribution in [0.2, 0.25) is 0 Å². The largest absolute Gasteiger partial charge is 0.527 e. The Morgan fingerprint density at radius 3 is 1.27 bits per heavy atom. The van der Waals surface area contributed by atoms with Crippen LogP contribution in [0.1, 0.15) is 0 Å². The Hall–Kier alpha value is -1.42. The Labute approximate surface area is 112 Å². The highest BCUT2D eigenvalue weighted by atomic mass is 19.4. The molecule has 0 fully saturated rings. The van der Waals surface area contributed by atoms with Crippen LogP contribution in [0.25, 0.3) is 0 Å². The van der Waals surface area contributed by atoms with Gasteiger partial charge in [-0.3, -0.25) is 4.74 Å². The van der Waals surface area contributed by atoms with E-state index in [-0.39, 0.29) is 6.15 Å². The molecule has 0 spiro atoms. The molecule has 1 atom stereocenters. The van der Waals surface area contributed by atoms with Gasteiger partial charge in [0, 0.05) is 0 Å². The fourth-order valence-electron chi connectivity index (χ4n) is 0.664. The molecule has 0 radical (unpaired) electrons. The molecule has 0 aromatic carbocycles. The van der Waals surface area contributed by atoms with Crippen LogP contribution in [0.3, 0.4) is 0 Å². The molecule has 0 rings (SSSR count). The van der Waals surface area contributed by atoms with Crippen LogP contribution in [0.4, 0.5) is 48.3 Å². The Morgan fingerprint density at radius 2 is 1.05 bits per heavy atom. The third-order valence-corrected chi connectivity index (χ3v) is 1.49. The third kappa shape index (κ3) is 4.80. The lowest BCUT2D eigenvalue weighted by atomic mass is 10.3. The predicted molar refractivity (Wildman–Crippen MR) is 40.7 cm³/mol. The van der Waals surface area contributed by atoms with E-state index in [4.69, 9.17) is 5.11 Å². The predicted octanol–water partition coefficient (Wildman–Crippen LogP) is 3.20. The van der Waals surface area contributed by atoms with Gasteiger partial charge in [-0.15, -0.1) is 13.2 Å². The number of carboxylic acids is 1. The van der Waals surface area contributed by atoms with Crippen LogP contribution in [0.5, 0.6) is 0 Å². The molecule has 4 N–H and O–H groups in total. The number of aliphatic carboxylic acids is 1. The lowest BCUT2D eigenvalue weighted by Crippen LogP contribution is -2.59. The van der Waals surface area contributed by atoms with E-state index in [2.05, 4.69) is 0 Å². The van der Waals surface area contributed by atoms with Gasteiger partial charge in [0.25, 0.3) is 0 Å². The summed E-state index contributed by atoms with van der Waals surface area (Å²) < 4.78 is 136. The maximum atomic E-state index is 12.8. The summed E-state index contributed by atoms with van der Waals surface area (Å²) >= 11 is 0. The number of hydrogen-bond acceptors (Lipinski definition) is 4. The number of halogens is 11. The summed E-state index contributed by atoms with van der Waals surface area (Å²) in [5, 5.41) is 7.77. The summed E-state index contributed by atoms with van der Waals surface area (Å²) in [7, 11) is 0. The van der Waals surface area contributed by atoms with Gasteiger partial charge in [-0.25, -0.2) is 9.53 Å². The molecule has 16 heteroatoms. The number of rotatable bonds is 5. The Bertz CT molecular complexity index is 404. The highest BCUT2D eigenvalue weighted by molar-refractivity contribution is 5.76. The van der Waals surface area contributed by atoms with Crippen LogP contribution in [0.15, 0.2) is 0 Å². The van der Waals surface area contributed by atoms with Crippen molar-refractivity contribution >= 4 is 5.97 Å². The zero-order valence-corrected chi connectivity index (χ0v) is 9.54. The van der Waals surface area contributed by atoms with Gasteiger partial charge < -0.3 is 11.3 Å². The van der Waals surface area contributed by atoms with Crippen molar-refractivity contribution in [2.45, 2.75) is 30.6 Å². The molecule has 22 heavy (non-hydrogen) atoms. The molecule has 0 saturated heterocycles. The van der Waals surface area contributed by atoms with Crippen molar-refractivity contribution < 1.29 is 67.7 Å². The van der Waals surface area contributed by atoms with Crippen molar-refractivity contribution in [2.24, 2.45) is 0 Å². The fourth-order valence-corrected chi connectivity index (χ4v) is 0.664. The van der Waals surface area contributed by atoms with Gasteiger partial charge in [0.15, 0.2) is 0 Å². The Kier molecular flexibility index (Phi) is 6.23. The summed E-state index contributed by atoms with van der Waals surface area (Å²) in [6, 6.07) is 0. The normalized spacial score (nSPS) is 16.7. The SMILES string of the molecule is N.O=C(O)C(F)(OC(F)(F)C(F)(F)OC(F)(F)F)C(F)(F)F. The van der Waals surface area contributed by atoms with E-state index in [0.29, 0.717) is 0 Å². The maximum absolute atomic E-state index is 12.8. The van der Waals surface area contributed by atoms with Gasteiger partial charge in [-0.1, -0.05) is 0 Å². The minimum atomic E-state index is -6.93. The van der Waals surface area contributed by atoms with Gasteiger partial charge in [0.2, 0.25) is 0 Å². The van der Waals surface area contributed by atoms with Crippen molar-refractivity contribution in [3.63, 3.8) is 0 Å². The van der Waals surface area contributed by atoms with Crippen molar-refractivity contribution in [3.8, 4) is 0 Å². The van der Waals surface area contributed by atoms with E-state index >= 15 is 0 Å². The molecule has 0 aliphatic heterocycles. The lowest BCUT2D eigenvalue weighted by molar-refractivity contribution is -0.527. The molecule has 0 aliphatic rings. The van der Waals surface area contributed by atoms with E-state index in [0.717, 1.165) is 0 Å². The van der Waals surface area contributed by atoms with E-state index in [1.807, 2.05) is 0 Å². The van der Waals surface area contributed by atoms with E-state index in [1.165, 1.54) is 4.74 Å². The van der Waals surface area contributed by atoms with Crippen LogP contribution in [-0.4, -0.2) is 41.7 Å². The number of carbonyl (C=O) groups is 1. The van der Waals surface area contributed by atoms with Crippen molar-refractivity contribution in [1.82, 2.24) is 6.15 Å². The average Bonchev–Trinajstić information content (AvgIpc) is 2.09. The Balaban J connectivity index is 0. The first-order chi connectivity index (χ1) is 8.86. The molecule has 0 aromatic heterocycles. The fraction of sp³-hybridized carbons (Fsp3) is 0.833. The highest BCUT2D eigenvalue weighted by Gasteiger charge is 2.75. The zero-order chi connectivity index (χ0) is 17.5. The summed E-state index contributed by atoms with van der Waals surface area (Å²) in [4.78, 5) is 9.90. The molecule has 0 aromatic rings. The van der Waals surface area contributed by atoms with E-state index in [1.54, 1.807) is 4.74 Å². The molecular formula is C6H4F11NO4. The van der Waals surface area contributed by atoms with Gasteiger partial charge in [0.1, 0.15) is 0 Å². The number of ether oxygens (including phenoxy) is 2. The molecule has 0 amide bonds. The smallest absolute Gasteiger partial charge is 0.477 e. The second kappa shape index (κ2) is 5.99. The molecule has 0 heterocycles. The molecule has 0 aliphatic carbocycles. The summed E-state index contributed by atoms with van der Waals surface area (Å²) in [6.45, 7) is 0. The van der Waals surface area contributed by atoms with Crippen LogP contribution < -0.4 is 6.15 Å².